The van der Waals surface area contributed by atoms with Crippen molar-refractivity contribution < 1.29 is 9.59 Å². The summed E-state index contributed by atoms with van der Waals surface area (Å²) in [7, 11) is 0. The van der Waals surface area contributed by atoms with Gasteiger partial charge in [0.1, 0.15) is 11.6 Å². The third-order valence-corrected chi connectivity index (χ3v) is 8.23. The lowest BCUT2D eigenvalue weighted by molar-refractivity contribution is -0.120. The highest BCUT2D eigenvalue weighted by Gasteiger charge is 2.51. The van der Waals surface area contributed by atoms with Crippen LogP contribution in [0.3, 0.4) is 0 Å². The number of nitrogens with one attached hydrogen (secondary N) is 3. The van der Waals surface area contributed by atoms with Crippen molar-refractivity contribution in [1.29, 1.82) is 0 Å². The first-order chi connectivity index (χ1) is 18.5. The number of aryl methyl sites for hydroxylation is 1. The highest BCUT2D eigenvalue weighted by Crippen LogP contribution is 2.47. The number of benzene rings is 2. The van der Waals surface area contributed by atoms with Crippen molar-refractivity contribution in [1.82, 2.24) is 24.1 Å². The van der Waals surface area contributed by atoms with Crippen LogP contribution in [0.1, 0.15) is 35.4 Å². The molecule has 2 amide bonds. The van der Waals surface area contributed by atoms with Gasteiger partial charge in [0.15, 0.2) is 0 Å². The van der Waals surface area contributed by atoms with Crippen LogP contribution in [0.2, 0.25) is 0 Å². The molecule has 8 rings (SSSR count). The summed E-state index contributed by atoms with van der Waals surface area (Å²) >= 11 is 0. The lowest BCUT2D eigenvalue weighted by atomic mass is 9.79. The Balaban J connectivity index is 1.17. The van der Waals surface area contributed by atoms with Gasteiger partial charge in [0.05, 0.1) is 39.7 Å². The van der Waals surface area contributed by atoms with Crippen molar-refractivity contribution in [3.8, 4) is 0 Å². The molecule has 1 atom stereocenters. The summed E-state index contributed by atoms with van der Waals surface area (Å²) in [6.07, 6.45) is 3.90. The molecule has 10 nitrogen and oxygen atoms in total. The first kappa shape index (κ1) is 21.4. The van der Waals surface area contributed by atoms with Gasteiger partial charge in [-0.3, -0.25) is 18.7 Å². The Morgan fingerprint density at radius 1 is 1.00 bits per heavy atom. The molecule has 188 valence electrons. The number of hydrogen-bond donors (Lipinski definition) is 3. The molecule has 0 radical (unpaired) electrons. The van der Waals surface area contributed by atoms with Crippen LogP contribution in [0.15, 0.2) is 53.5 Å². The topological polar surface area (TPSA) is 127 Å². The molecule has 10 heteroatoms. The summed E-state index contributed by atoms with van der Waals surface area (Å²) in [5.41, 5.74) is 6.29. The first-order valence-electron chi connectivity index (χ1n) is 12.8. The van der Waals surface area contributed by atoms with Gasteiger partial charge in [0.2, 0.25) is 11.8 Å². The van der Waals surface area contributed by atoms with Gasteiger partial charge in [-0.2, -0.15) is 0 Å². The van der Waals surface area contributed by atoms with Gasteiger partial charge in [0, 0.05) is 24.7 Å². The number of carbonyl (C=O) groups excluding carboxylic acids is 2. The van der Waals surface area contributed by atoms with Gasteiger partial charge in [0.25, 0.3) is 0 Å². The van der Waals surface area contributed by atoms with E-state index in [2.05, 4.69) is 32.7 Å². The second-order valence-electron chi connectivity index (χ2n) is 10.5. The van der Waals surface area contributed by atoms with Gasteiger partial charge in [-0.1, -0.05) is 12.1 Å². The van der Waals surface area contributed by atoms with E-state index in [0.717, 1.165) is 38.8 Å². The molecule has 0 saturated heterocycles. The highest BCUT2D eigenvalue weighted by molar-refractivity contribution is 6.06. The van der Waals surface area contributed by atoms with Crippen LogP contribution in [0, 0.1) is 0 Å². The number of fused-ring (bicyclic) bond motifs is 4. The fourth-order valence-corrected chi connectivity index (χ4v) is 6.50. The van der Waals surface area contributed by atoms with Crippen LogP contribution in [0.5, 0.6) is 0 Å². The number of nitrogens with zero attached hydrogens (tertiary/aromatic N) is 4. The number of aromatic amines is 1. The predicted octanol–water partition coefficient (Wildman–Crippen LogP) is 2.84. The van der Waals surface area contributed by atoms with E-state index in [1.165, 1.54) is 0 Å². The van der Waals surface area contributed by atoms with Crippen LogP contribution in [-0.4, -0.2) is 35.9 Å². The zero-order valence-electron chi connectivity index (χ0n) is 20.4. The normalized spacial score (nSPS) is 17.4. The SMILES string of the molecule is O=C1CCCn2c(=O)n(Cc3nc4cc5c(cc4[nH]3)CC3(C5)C(=O)Nc4ncccc43)c3cccc(c32)N1. The minimum Gasteiger partial charge on any atom is -0.340 e. The molecule has 1 spiro atoms. The van der Waals surface area contributed by atoms with Gasteiger partial charge in [-0.05, 0) is 60.7 Å². The minimum absolute atomic E-state index is 0.00464. The molecule has 3 N–H and O–H groups in total. The number of imidazole rings is 2. The standard InChI is InChI=1S/C28H23N7O3/c36-23-7-3-9-34-24-18(32-23)5-1-6-21(24)35(27(34)38)14-22-30-19-10-15-12-28(13-16(15)11-20(19)31-22)17-4-2-8-29-25(17)33-26(28)37/h1-2,4-6,8,10-11H,3,7,9,12-14H2,(H,30,31)(H,32,36)(H,29,33,37). The number of anilines is 2. The Kier molecular flexibility index (Phi) is 4.16. The number of hydrogen-bond acceptors (Lipinski definition) is 5. The minimum atomic E-state index is -0.625. The third kappa shape index (κ3) is 2.85. The molecule has 0 fully saturated rings. The average Bonchev–Trinajstić information content (AvgIpc) is 3.60. The van der Waals surface area contributed by atoms with E-state index in [-0.39, 0.29) is 24.0 Å². The maximum atomic E-state index is 13.4. The molecule has 0 bridgehead atoms. The van der Waals surface area contributed by atoms with Crippen LogP contribution in [0.4, 0.5) is 11.5 Å². The van der Waals surface area contributed by atoms with Gasteiger partial charge < -0.3 is 15.6 Å². The number of amides is 2. The Labute approximate surface area is 215 Å². The smallest absolute Gasteiger partial charge is 0.329 e. The second kappa shape index (κ2) is 7.41. The van der Waals surface area contributed by atoms with Crippen LogP contribution >= 0.6 is 0 Å². The molecule has 1 aliphatic carbocycles. The predicted molar refractivity (Wildman–Crippen MR) is 141 cm³/mol. The van der Waals surface area contributed by atoms with Crippen LogP contribution in [-0.2, 0) is 40.9 Å². The van der Waals surface area contributed by atoms with Crippen molar-refractivity contribution in [3.05, 3.63) is 81.7 Å². The Bertz CT molecular complexity index is 1870. The Morgan fingerprint density at radius 2 is 1.87 bits per heavy atom. The molecule has 0 saturated carbocycles. The summed E-state index contributed by atoms with van der Waals surface area (Å²) in [6.45, 7) is 0.776. The maximum absolute atomic E-state index is 13.4. The van der Waals surface area contributed by atoms with E-state index in [1.807, 2.05) is 30.3 Å². The molecule has 2 aromatic carbocycles. The van der Waals surface area contributed by atoms with E-state index < -0.39 is 5.41 Å². The summed E-state index contributed by atoms with van der Waals surface area (Å²) in [5.74, 6) is 1.29. The summed E-state index contributed by atoms with van der Waals surface area (Å²) in [6, 6.07) is 13.6. The monoisotopic (exact) mass is 505 g/mol. The van der Waals surface area contributed by atoms with Crippen LogP contribution in [0.25, 0.3) is 22.1 Å². The molecule has 3 aromatic heterocycles. The maximum Gasteiger partial charge on any atom is 0.329 e. The lowest BCUT2D eigenvalue weighted by Crippen LogP contribution is -2.35. The molecular formula is C28H23N7O3. The highest BCUT2D eigenvalue weighted by atomic mass is 16.2. The lowest BCUT2D eigenvalue weighted by Gasteiger charge is -2.20. The van der Waals surface area contributed by atoms with Crippen molar-refractivity contribution in [3.63, 3.8) is 0 Å². The Hall–Kier alpha value is -4.73. The molecule has 2 aliphatic heterocycles. The number of para-hydroxylation sites is 1. The quantitative estimate of drug-likeness (QED) is 0.340. The van der Waals surface area contributed by atoms with E-state index >= 15 is 0 Å². The van der Waals surface area contributed by atoms with E-state index in [9.17, 15) is 14.4 Å². The van der Waals surface area contributed by atoms with Crippen molar-refractivity contribution >= 4 is 45.4 Å². The van der Waals surface area contributed by atoms with Crippen molar-refractivity contribution in [2.75, 3.05) is 10.6 Å². The van der Waals surface area contributed by atoms with Crippen molar-refractivity contribution in [2.24, 2.45) is 0 Å². The summed E-state index contributed by atoms with van der Waals surface area (Å²) in [4.78, 5) is 51.2. The average molecular weight is 506 g/mol. The second-order valence-corrected chi connectivity index (χ2v) is 10.5. The molecule has 1 unspecified atom stereocenters. The molecule has 3 aliphatic rings. The molecule has 38 heavy (non-hydrogen) atoms. The van der Waals surface area contributed by atoms with E-state index in [0.29, 0.717) is 49.6 Å². The molecule has 5 aromatic rings. The van der Waals surface area contributed by atoms with Crippen molar-refractivity contribution in [2.45, 2.75) is 44.2 Å². The fraction of sp³-hybridized carbons (Fsp3) is 0.250. The molecule has 5 heterocycles. The fourth-order valence-electron chi connectivity index (χ4n) is 6.50. The zero-order chi connectivity index (χ0) is 25.6. The number of carbonyl (C=O) groups is 2. The summed E-state index contributed by atoms with van der Waals surface area (Å²) in [5, 5.41) is 5.89. The van der Waals surface area contributed by atoms with E-state index in [1.54, 1.807) is 15.3 Å². The van der Waals surface area contributed by atoms with Gasteiger partial charge in [-0.15, -0.1) is 0 Å². The zero-order valence-corrected chi connectivity index (χ0v) is 20.4. The first-order valence-corrected chi connectivity index (χ1v) is 12.8. The summed E-state index contributed by atoms with van der Waals surface area (Å²) < 4.78 is 3.46. The number of H-pyrrole nitrogens is 1. The third-order valence-electron chi connectivity index (χ3n) is 8.23. The number of rotatable bonds is 2. The molecular weight excluding hydrogens is 482 g/mol. The largest absolute Gasteiger partial charge is 0.340 e. The van der Waals surface area contributed by atoms with Gasteiger partial charge >= 0.3 is 5.69 Å². The number of aromatic nitrogens is 5. The number of pyridine rings is 1. The van der Waals surface area contributed by atoms with Crippen LogP contribution < -0.4 is 16.3 Å². The Morgan fingerprint density at radius 3 is 2.76 bits per heavy atom. The van der Waals surface area contributed by atoms with Gasteiger partial charge in [-0.25, -0.2) is 14.8 Å². The van der Waals surface area contributed by atoms with E-state index in [4.69, 9.17) is 4.98 Å².